The van der Waals surface area contributed by atoms with Gasteiger partial charge >= 0.3 is 0 Å². The molecular weight excluding hydrogens is 398 g/mol. The van der Waals surface area contributed by atoms with Gasteiger partial charge in [0.2, 0.25) is 11.8 Å². The van der Waals surface area contributed by atoms with E-state index in [1.165, 1.54) is 16.8 Å². The molecule has 2 fully saturated rings. The fourth-order valence-corrected chi connectivity index (χ4v) is 3.93. The van der Waals surface area contributed by atoms with Crippen molar-refractivity contribution in [2.24, 2.45) is 5.92 Å². The number of hydrogen-bond donors (Lipinski definition) is 2. The van der Waals surface area contributed by atoms with Crippen LogP contribution in [0.5, 0.6) is 5.88 Å². The summed E-state index contributed by atoms with van der Waals surface area (Å²) in [5, 5.41) is 17.8. The number of nitrogens with zero attached hydrogens (tertiary/aromatic N) is 4. The van der Waals surface area contributed by atoms with Crippen LogP contribution < -0.4 is 10.9 Å². The molecule has 9 nitrogen and oxygen atoms in total. The molecule has 0 atom stereocenters. The zero-order valence-corrected chi connectivity index (χ0v) is 18.0. The average Bonchev–Trinajstić information content (AvgIpc) is 3.45. The Kier molecular flexibility index (Phi) is 5.84. The number of aromatic hydroxyl groups is 1. The first-order valence-corrected chi connectivity index (χ1v) is 11.0. The molecule has 9 heteroatoms. The molecule has 3 heterocycles. The van der Waals surface area contributed by atoms with Crippen LogP contribution in [0.25, 0.3) is 11.7 Å². The molecule has 1 aliphatic carbocycles. The molecule has 1 saturated heterocycles. The summed E-state index contributed by atoms with van der Waals surface area (Å²) in [6, 6.07) is 0.0532. The van der Waals surface area contributed by atoms with Crippen LogP contribution in [0.4, 0.5) is 0 Å². The van der Waals surface area contributed by atoms with E-state index >= 15 is 0 Å². The molecule has 166 valence electrons. The Hall–Kier alpha value is -3.10. The van der Waals surface area contributed by atoms with E-state index in [4.69, 9.17) is 0 Å². The van der Waals surface area contributed by atoms with E-state index in [-0.39, 0.29) is 29.3 Å². The fraction of sp³-hybridized carbons (Fsp3) is 0.545. The second-order valence-corrected chi connectivity index (χ2v) is 8.81. The lowest BCUT2D eigenvalue weighted by atomic mass is 10.1. The summed E-state index contributed by atoms with van der Waals surface area (Å²) in [5.74, 6) is -0.904. The van der Waals surface area contributed by atoms with Gasteiger partial charge in [0.1, 0.15) is 5.65 Å². The number of piperidine rings is 1. The van der Waals surface area contributed by atoms with Crippen molar-refractivity contribution >= 4 is 23.5 Å². The summed E-state index contributed by atoms with van der Waals surface area (Å²) in [6.07, 6.45) is 9.48. The molecule has 0 radical (unpaired) electrons. The van der Waals surface area contributed by atoms with E-state index in [1.807, 2.05) is 18.7 Å². The minimum atomic E-state index is -0.673. The quantitative estimate of drug-likeness (QED) is 0.683. The van der Waals surface area contributed by atoms with Gasteiger partial charge in [-0.3, -0.25) is 19.0 Å². The number of nitrogens with one attached hydrogen (secondary N) is 1. The van der Waals surface area contributed by atoms with Gasteiger partial charge in [-0.1, -0.05) is 13.8 Å². The van der Waals surface area contributed by atoms with Crippen LogP contribution in [0.2, 0.25) is 0 Å². The lowest BCUT2D eigenvalue weighted by molar-refractivity contribution is -0.126. The molecule has 0 spiro atoms. The summed E-state index contributed by atoms with van der Waals surface area (Å²) in [5.41, 5.74) is -0.0786. The van der Waals surface area contributed by atoms with E-state index < -0.39 is 11.5 Å². The molecule has 2 aromatic rings. The molecule has 1 saturated carbocycles. The van der Waals surface area contributed by atoms with Gasteiger partial charge in [-0.25, -0.2) is 0 Å². The molecule has 31 heavy (non-hydrogen) atoms. The number of likely N-dealkylation sites (tertiary alicyclic amines) is 1. The molecule has 2 aliphatic rings. The highest BCUT2D eigenvalue weighted by atomic mass is 16.3. The highest BCUT2D eigenvalue weighted by molar-refractivity contribution is 5.97. The van der Waals surface area contributed by atoms with Crippen molar-refractivity contribution in [2.75, 3.05) is 13.1 Å². The van der Waals surface area contributed by atoms with E-state index in [0.717, 1.165) is 49.7 Å². The molecule has 2 N–H and O–H groups in total. The number of carbonyl (C=O) groups is 2. The predicted molar refractivity (Wildman–Crippen MR) is 116 cm³/mol. The number of amides is 2. The fourth-order valence-electron chi connectivity index (χ4n) is 3.93. The van der Waals surface area contributed by atoms with E-state index in [1.54, 1.807) is 6.08 Å². The minimum Gasteiger partial charge on any atom is -0.494 e. The summed E-state index contributed by atoms with van der Waals surface area (Å²) >= 11 is 0. The van der Waals surface area contributed by atoms with Crippen molar-refractivity contribution in [3.63, 3.8) is 0 Å². The minimum absolute atomic E-state index is 0.0532. The Balaban J connectivity index is 1.75. The molecule has 0 unspecified atom stereocenters. The highest BCUT2D eigenvalue weighted by Crippen LogP contribution is 2.24. The summed E-state index contributed by atoms with van der Waals surface area (Å²) < 4.78 is 2.67. The first kappa shape index (κ1) is 21.1. The van der Waals surface area contributed by atoms with Crippen LogP contribution >= 0.6 is 0 Å². The first-order valence-electron chi connectivity index (χ1n) is 11.0. The van der Waals surface area contributed by atoms with Gasteiger partial charge in [0.25, 0.3) is 11.5 Å². The second kappa shape index (κ2) is 8.56. The van der Waals surface area contributed by atoms with Crippen LogP contribution in [-0.2, 0) is 11.3 Å². The third-order valence-corrected chi connectivity index (χ3v) is 5.67. The van der Waals surface area contributed by atoms with Crippen LogP contribution in [0.15, 0.2) is 17.1 Å². The zero-order chi connectivity index (χ0) is 22.1. The lowest BCUT2D eigenvalue weighted by Gasteiger charge is -2.25. The third-order valence-electron chi connectivity index (χ3n) is 5.67. The van der Waals surface area contributed by atoms with Gasteiger partial charge in [0, 0.05) is 37.3 Å². The SMILES string of the molecule is CC(C)Cn1c(O)c(C(=O)NC2CC2)c(=O)n2ncc(/C=C/C(=O)N3CCCCC3)c12. The lowest BCUT2D eigenvalue weighted by Crippen LogP contribution is -2.34. The number of aromatic nitrogens is 3. The van der Waals surface area contributed by atoms with Gasteiger partial charge in [0.15, 0.2) is 5.56 Å². The van der Waals surface area contributed by atoms with Crippen molar-refractivity contribution < 1.29 is 14.7 Å². The smallest absolute Gasteiger partial charge is 0.291 e. The Morgan fingerprint density at radius 2 is 1.97 bits per heavy atom. The van der Waals surface area contributed by atoms with Gasteiger partial charge in [0.05, 0.1) is 6.20 Å². The monoisotopic (exact) mass is 427 g/mol. The van der Waals surface area contributed by atoms with Gasteiger partial charge in [-0.15, -0.1) is 0 Å². The van der Waals surface area contributed by atoms with Crippen molar-refractivity contribution in [1.82, 2.24) is 24.4 Å². The van der Waals surface area contributed by atoms with Crippen molar-refractivity contribution in [2.45, 2.75) is 58.5 Å². The summed E-state index contributed by atoms with van der Waals surface area (Å²) in [6.45, 7) is 5.83. The second-order valence-electron chi connectivity index (χ2n) is 8.81. The van der Waals surface area contributed by atoms with E-state index in [9.17, 15) is 19.5 Å². The Morgan fingerprint density at radius 3 is 2.61 bits per heavy atom. The Labute approximate surface area is 180 Å². The average molecular weight is 428 g/mol. The van der Waals surface area contributed by atoms with Crippen LogP contribution in [0.3, 0.4) is 0 Å². The Morgan fingerprint density at radius 1 is 1.26 bits per heavy atom. The topological polar surface area (TPSA) is 109 Å². The molecule has 2 amide bonds. The number of hydrogen-bond acceptors (Lipinski definition) is 5. The highest BCUT2D eigenvalue weighted by Gasteiger charge is 2.29. The Bertz CT molecular complexity index is 1090. The molecular formula is C22H29N5O4. The molecule has 1 aliphatic heterocycles. The van der Waals surface area contributed by atoms with E-state index in [2.05, 4.69) is 10.4 Å². The van der Waals surface area contributed by atoms with Crippen LogP contribution in [0.1, 0.15) is 61.9 Å². The number of carbonyl (C=O) groups excluding carboxylic acids is 2. The predicted octanol–water partition coefficient (Wildman–Crippen LogP) is 1.78. The third kappa shape index (κ3) is 4.35. The zero-order valence-electron chi connectivity index (χ0n) is 18.0. The van der Waals surface area contributed by atoms with Crippen molar-refractivity contribution in [1.29, 1.82) is 0 Å². The largest absolute Gasteiger partial charge is 0.494 e. The maximum Gasteiger partial charge on any atom is 0.291 e. The normalized spacial score (nSPS) is 17.1. The van der Waals surface area contributed by atoms with Crippen LogP contribution in [0, 0.1) is 5.92 Å². The van der Waals surface area contributed by atoms with Gasteiger partial charge < -0.3 is 15.3 Å². The number of fused-ring (bicyclic) bond motifs is 1. The first-order chi connectivity index (χ1) is 14.9. The van der Waals surface area contributed by atoms with Crippen molar-refractivity contribution in [3.8, 4) is 5.88 Å². The van der Waals surface area contributed by atoms with Gasteiger partial charge in [-0.05, 0) is 44.1 Å². The molecule has 2 aromatic heterocycles. The standard InChI is InChI=1S/C22H29N5O4/c1-14(2)13-26-20-15(6-9-17(28)25-10-4-3-5-11-25)12-23-27(20)22(31)18(21(26)30)19(29)24-16-7-8-16/h6,9,12,14,16,30H,3-5,7-8,10-11,13H2,1-2H3,(H,24,29)/b9-6+. The van der Waals surface area contributed by atoms with E-state index in [0.29, 0.717) is 17.8 Å². The maximum absolute atomic E-state index is 13.0. The van der Waals surface area contributed by atoms with Crippen LogP contribution in [-0.4, -0.2) is 55.1 Å². The van der Waals surface area contributed by atoms with Crippen molar-refractivity contribution in [3.05, 3.63) is 33.8 Å². The molecule has 0 aromatic carbocycles. The number of rotatable bonds is 6. The molecule has 4 rings (SSSR count). The van der Waals surface area contributed by atoms with Gasteiger partial charge in [-0.2, -0.15) is 9.61 Å². The summed E-state index contributed by atoms with van der Waals surface area (Å²) in [7, 11) is 0. The molecule has 0 bridgehead atoms. The maximum atomic E-state index is 13.0. The summed E-state index contributed by atoms with van der Waals surface area (Å²) in [4.78, 5) is 40.0.